The van der Waals surface area contributed by atoms with Gasteiger partial charge in [0.1, 0.15) is 11.6 Å². The van der Waals surface area contributed by atoms with Gasteiger partial charge < -0.3 is 15.6 Å². The number of amides is 2. The highest BCUT2D eigenvalue weighted by molar-refractivity contribution is 6.04. The summed E-state index contributed by atoms with van der Waals surface area (Å²) in [7, 11) is 0. The van der Waals surface area contributed by atoms with E-state index in [2.05, 4.69) is 25.6 Å². The number of aromatic amines is 1. The van der Waals surface area contributed by atoms with E-state index in [0.29, 0.717) is 23.5 Å². The Bertz CT molecular complexity index is 1120. The number of para-hydroxylation sites is 2. The molecule has 0 bridgehead atoms. The number of carbonyl (C=O) groups excluding carboxylic acids is 2. The average Bonchev–Trinajstić information content (AvgIpc) is 3.16. The van der Waals surface area contributed by atoms with E-state index >= 15 is 0 Å². The van der Waals surface area contributed by atoms with Gasteiger partial charge in [0.25, 0.3) is 5.91 Å². The summed E-state index contributed by atoms with van der Waals surface area (Å²) in [5.74, 6) is 0.803. The van der Waals surface area contributed by atoms with Crippen LogP contribution in [-0.4, -0.2) is 26.8 Å². The van der Waals surface area contributed by atoms with Gasteiger partial charge in [0.15, 0.2) is 0 Å². The molecule has 0 unspecified atom stereocenters. The first-order valence-electron chi connectivity index (χ1n) is 9.23. The van der Waals surface area contributed by atoms with Crippen LogP contribution in [0.4, 0.5) is 11.5 Å². The summed E-state index contributed by atoms with van der Waals surface area (Å²) in [5, 5.41) is 5.55. The number of nitrogens with zero attached hydrogens (tertiary/aromatic N) is 2. The van der Waals surface area contributed by atoms with Crippen molar-refractivity contribution >= 4 is 34.4 Å². The van der Waals surface area contributed by atoms with E-state index in [1.165, 1.54) is 0 Å². The van der Waals surface area contributed by atoms with E-state index in [0.717, 1.165) is 16.9 Å². The molecular weight excluding hydrogens is 366 g/mol. The minimum Gasteiger partial charge on any atom is -0.342 e. The molecule has 0 aliphatic carbocycles. The molecule has 29 heavy (non-hydrogen) atoms. The van der Waals surface area contributed by atoms with Gasteiger partial charge in [-0.3, -0.25) is 9.59 Å². The number of hydrogen-bond donors (Lipinski definition) is 3. The largest absolute Gasteiger partial charge is 0.342 e. The maximum absolute atomic E-state index is 12.4. The molecule has 2 aromatic heterocycles. The fourth-order valence-electron chi connectivity index (χ4n) is 2.94. The maximum Gasteiger partial charge on any atom is 0.256 e. The van der Waals surface area contributed by atoms with Gasteiger partial charge in [0, 0.05) is 30.3 Å². The van der Waals surface area contributed by atoms with Crippen LogP contribution < -0.4 is 10.6 Å². The molecule has 0 aliphatic rings. The van der Waals surface area contributed by atoms with Crippen molar-refractivity contribution in [1.82, 2.24) is 15.0 Å². The van der Waals surface area contributed by atoms with Crippen molar-refractivity contribution in [3.8, 4) is 0 Å². The van der Waals surface area contributed by atoms with E-state index in [-0.39, 0.29) is 18.2 Å². The summed E-state index contributed by atoms with van der Waals surface area (Å²) in [6, 6.07) is 19.8. The second-order valence-electron chi connectivity index (χ2n) is 6.50. The Morgan fingerprint density at radius 1 is 0.931 bits per heavy atom. The highest BCUT2D eigenvalue weighted by Gasteiger charge is 2.10. The lowest BCUT2D eigenvalue weighted by atomic mass is 10.2. The van der Waals surface area contributed by atoms with Gasteiger partial charge in [0.05, 0.1) is 11.0 Å². The van der Waals surface area contributed by atoms with Crippen LogP contribution in [-0.2, 0) is 11.2 Å². The number of aryl methyl sites for hydroxylation is 1. The first-order valence-corrected chi connectivity index (χ1v) is 9.23. The van der Waals surface area contributed by atoms with E-state index < -0.39 is 0 Å². The molecule has 0 fully saturated rings. The first-order chi connectivity index (χ1) is 14.2. The molecule has 4 aromatic rings. The molecule has 0 radical (unpaired) electrons. The summed E-state index contributed by atoms with van der Waals surface area (Å²) in [6.45, 7) is 0. The summed E-state index contributed by atoms with van der Waals surface area (Å²) < 4.78 is 0. The predicted molar refractivity (Wildman–Crippen MR) is 112 cm³/mol. The molecule has 0 saturated heterocycles. The molecule has 2 heterocycles. The van der Waals surface area contributed by atoms with E-state index in [1.54, 1.807) is 48.7 Å². The Kier molecular flexibility index (Phi) is 5.29. The molecule has 2 amide bonds. The van der Waals surface area contributed by atoms with Crippen molar-refractivity contribution in [2.75, 3.05) is 10.6 Å². The Morgan fingerprint density at radius 3 is 2.62 bits per heavy atom. The number of aromatic nitrogens is 3. The van der Waals surface area contributed by atoms with Crippen molar-refractivity contribution < 1.29 is 9.59 Å². The summed E-state index contributed by atoms with van der Waals surface area (Å²) in [4.78, 5) is 36.4. The van der Waals surface area contributed by atoms with Crippen LogP contribution in [0.5, 0.6) is 0 Å². The molecule has 0 spiro atoms. The lowest BCUT2D eigenvalue weighted by Crippen LogP contribution is -2.15. The molecule has 7 nitrogen and oxygen atoms in total. The molecule has 3 N–H and O–H groups in total. The zero-order valence-electron chi connectivity index (χ0n) is 15.6. The van der Waals surface area contributed by atoms with Gasteiger partial charge in [-0.2, -0.15) is 0 Å². The van der Waals surface area contributed by atoms with Gasteiger partial charge in [-0.25, -0.2) is 9.97 Å². The van der Waals surface area contributed by atoms with Gasteiger partial charge in [-0.15, -0.1) is 0 Å². The molecule has 7 heteroatoms. The molecular formula is C22H19N5O2. The van der Waals surface area contributed by atoms with Crippen LogP contribution >= 0.6 is 0 Å². The fraction of sp³-hybridized carbons (Fsp3) is 0.0909. The lowest BCUT2D eigenvalue weighted by molar-refractivity contribution is -0.116. The van der Waals surface area contributed by atoms with Crippen LogP contribution in [0.3, 0.4) is 0 Å². The lowest BCUT2D eigenvalue weighted by Gasteiger charge is -2.08. The van der Waals surface area contributed by atoms with Crippen LogP contribution in [0.1, 0.15) is 22.6 Å². The Hall–Kier alpha value is -4.00. The summed E-state index contributed by atoms with van der Waals surface area (Å²) in [5.41, 5.74) is 2.84. The number of nitrogens with one attached hydrogen (secondary N) is 3. The van der Waals surface area contributed by atoms with E-state index in [4.69, 9.17) is 0 Å². The molecule has 4 rings (SSSR count). The van der Waals surface area contributed by atoms with Gasteiger partial charge in [0.2, 0.25) is 5.91 Å². The zero-order valence-corrected chi connectivity index (χ0v) is 15.6. The third-order valence-electron chi connectivity index (χ3n) is 4.34. The Morgan fingerprint density at radius 2 is 1.79 bits per heavy atom. The number of fused-ring (bicyclic) bond motifs is 1. The smallest absolute Gasteiger partial charge is 0.256 e. The molecule has 144 valence electrons. The SMILES string of the molecule is O=C(CCc1nc2ccccc2[nH]1)Nc1cccc(C(=O)Nc2ccccn2)c1. The normalized spacial score (nSPS) is 10.6. The Balaban J connectivity index is 1.35. The van der Waals surface area contributed by atoms with Crippen molar-refractivity contribution in [1.29, 1.82) is 0 Å². The Labute approximate surface area is 167 Å². The highest BCUT2D eigenvalue weighted by atomic mass is 16.2. The van der Waals surface area contributed by atoms with Gasteiger partial charge in [-0.05, 0) is 42.5 Å². The molecule has 0 aliphatic heterocycles. The predicted octanol–water partition coefficient (Wildman–Crippen LogP) is 3.78. The third-order valence-corrected chi connectivity index (χ3v) is 4.34. The number of hydrogen-bond acceptors (Lipinski definition) is 4. The molecule has 0 saturated carbocycles. The average molecular weight is 385 g/mol. The molecule has 2 aromatic carbocycles. The minimum absolute atomic E-state index is 0.146. The summed E-state index contributed by atoms with van der Waals surface area (Å²) >= 11 is 0. The van der Waals surface area contributed by atoms with Crippen LogP contribution in [0.2, 0.25) is 0 Å². The van der Waals surface area contributed by atoms with Crippen LogP contribution in [0.15, 0.2) is 72.9 Å². The number of anilines is 2. The number of H-pyrrole nitrogens is 1. The van der Waals surface area contributed by atoms with Gasteiger partial charge >= 0.3 is 0 Å². The monoisotopic (exact) mass is 385 g/mol. The van der Waals surface area contributed by atoms with Crippen molar-refractivity contribution in [2.45, 2.75) is 12.8 Å². The number of benzene rings is 2. The number of imidazole rings is 1. The topological polar surface area (TPSA) is 99.8 Å². The number of rotatable bonds is 6. The van der Waals surface area contributed by atoms with Crippen molar-refractivity contribution in [2.24, 2.45) is 0 Å². The van der Waals surface area contributed by atoms with E-state index in [9.17, 15) is 9.59 Å². The number of pyridine rings is 1. The summed E-state index contributed by atoms with van der Waals surface area (Å²) in [6.07, 6.45) is 2.39. The first kappa shape index (κ1) is 18.4. The van der Waals surface area contributed by atoms with Crippen LogP contribution in [0, 0.1) is 0 Å². The third kappa shape index (κ3) is 4.65. The molecule has 0 atom stereocenters. The highest BCUT2D eigenvalue weighted by Crippen LogP contribution is 2.14. The zero-order chi connectivity index (χ0) is 20.1. The van der Waals surface area contributed by atoms with E-state index in [1.807, 2.05) is 24.3 Å². The fourth-order valence-corrected chi connectivity index (χ4v) is 2.94. The van der Waals surface area contributed by atoms with Crippen LogP contribution in [0.25, 0.3) is 11.0 Å². The minimum atomic E-state index is -0.290. The second kappa shape index (κ2) is 8.35. The quantitative estimate of drug-likeness (QED) is 0.470. The standard InChI is InChI=1S/C22H19N5O2/c28-21(12-11-20-25-17-8-1-2-9-18(17)26-20)24-16-7-5-6-15(14-16)22(29)27-19-10-3-4-13-23-19/h1-10,13-14H,11-12H2,(H,24,28)(H,25,26)(H,23,27,29). The van der Waals surface area contributed by atoms with Crippen molar-refractivity contribution in [3.05, 3.63) is 84.3 Å². The maximum atomic E-state index is 12.4. The second-order valence-corrected chi connectivity index (χ2v) is 6.50. The van der Waals surface area contributed by atoms with Crippen molar-refractivity contribution in [3.63, 3.8) is 0 Å². The number of carbonyl (C=O) groups is 2. The van der Waals surface area contributed by atoms with Gasteiger partial charge in [-0.1, -0.05) is 24.3 Å².